The number of rotatable bonds is 2. The Balaban J connectivity index is 3.09. The molecule has 1 rings (SSSR count). The van der Waals surface area contributed by atoms with E-state index in [0.29, 0.717) is 0 Å². The third-order valence-electron chi connectivity index (χ3n) is 1.67. The largest absolute Gasteiger partial charge is 0.478 e. The van der Waals surface area contributed by atoms with Crippen LogP contribution < -0.4 is 0 Å². The molecule has 0 heterocycles. The van der Waals surface area contributed by atoms with Gasteiger partial charge in [0.05, 0.1) is 0 Å². The van der Waals surface area contributed by atoms with E-state index in [1.54, 1.807) is 0 Å². The van der Waals surface area contributed by atoms with Crippen molar-refractivity contribution >= 4 is 23.6 Å². The van der Waals surface area contributed by atoms with Crippen LogP contribution in [0.1, 0.15) is 12.5 Å². The summed E-state index contributed by atoms with van der Waals surface area (Å²) in [4.78, 5) is 10.5. The highest BCUT2D eigenvalue weighted by Gasteiger charge is 2.04. The lowest BCUT2D eigenvalue weighted by Gasteiger charge is -1.98. The first-order valence-corrected chi connectivity index (χ1v) is 4.25. The van der Waals surface area contributed by atoms with Gasteiger partial charge in [0.1, 0.15) is 5.82 Å². The van der Waals surface area contributed by atoms with Crippen LogP contribution in [0.4, 0.5) is 4.39 Å². The number of carboxylic acids is 1. The van der Waals surface area contributed by atoms with Crippen molar-refractivity contribution in [2.75, 3.05) is 0 Å². The van der Waals surface area contributed by atoms with Gasteiger partial charge in [-0.1, -0.05) is 17.7 Å². The molecular weight excluding hydrogens is 207 g/mol. The molecule has 74 valence electrons. The van der Waals surface area contributed by atoms with Crippen LogP contribution in [-0.2, 0) is 4.79 Å². The molecule has 0 aliphatic rings. The molecule has 0 amide bonds. The third kappa shape index (κ3) is 2.57. The first-order valence-electron chi connectivity index (χ1n) is 3.87. The Labute approximate surface area is 85.6 Å². The van der Waals surface area contributed by atoms with Crippen molar-refractivity contribution in [1.29, 1.82) is 0 Å². The van der Waals surface area contributed by atoms with Gasteiger partial charge in [0.25, 0.3) is 0 Å². The van der Waals surface area contributed by atoms with Crippen molar-refractivity contribution < 1.29 is 14.3 Å². The Morgan fingerprint density at radius 2 is 2.21 bits per heavy atom. The summed E-state index contributed by atoms with van der Waals surface area (Å²) >= 11 is 5.54. The quantitative estimate of drug-likeness (QED) is 0.769. The number of halogens is 2. The highest BCUT2D eigenvalue weighted by molar-refractivity contribution is 6.30. The van der Waals surface area contributed by atoms with Crippen molar-refractivity contribution in [3.05, 3.63) is 40.2 Å². The molecule has 0 saturated heterocycles. The molecule has 4 heteroatoms. The van der Waals surface area contributed by atoms with E-state index in [1.165, 1.54) is 25.1 Å². The molecule has 0 spiro atoms. The van der Waals surface area contributed by atoms with Gasteiger partial charge in [-0.3, -0.25) is 0 Å². The molecule has 1 N–H and O–H groups in total. The van der Waals surface area contributed by atoms with E-state index < -0.39 is 11.8 Å². The summed E-state index contributed by atoms with van der Waals surface area (Å²) in [5.41, 5.74) is 0.292. The van der Waals surface area contributed by atoms with Crippen molar-refractivity contribution in [3.63, 3.8) is 0 Å². The molecule has 0 unspecified atom stereocenters. The standard InChI is InChI=1S/C10H8ClFO2/c1-6(10(13)14)4-7-2-3-8(11)5-9(7)12/h2-5H,1H3,(H,13,14)/b6-4-. The van der Waals surface area contributed by atoms with Crippen LogP contribution in [0.5, 0.6) is 0 Å². The number of hydrogen-bond donors (Lipinski definition) is 1. The molecule has 1 aromatic rings. The Morgan fingerprint density at radius 1 is 1.57 bits per heavy atom. The van der Waals surface area contributed by atoms with Gasteiger partial charge in [0, 0.05) is 16.2 Å². The summed E-state index contributed by atoms with van der Waals surface area (Å²) in [7, 11) is 0. The van der Waals surface area contributed by atoms with Crippen LogP contribution in [-0.4, -0.2) is 11.1 Å². The molecule has 0 radical (unpaired) electrons. The van der Waals surface area contributed by atoms with Crippen molar-refractivity contribution in [2.24, 2.45) is 0 Å². The molecule has 0 aliphatic carbocycles. The van der Waals surface area contributed by atoms with Crippen LogP contribution in [0.2, 0.25) is 5.02 Å². The van der Waals surface area contributed by atoms with Crippen molar-refractivity contribution in [1.82, 2.24) is 0 Å². The van der Waals surface area contributed by atoms with E-state index in [-0.39, 0.29) is 16.2 Å². The van der Waals surface area contributed by atoms with Gasteiger partial charge in [-0.25, -0.2) is 9.18 Å². The summed E-state index contributed by atoms with van der Waals surface area (Å²) in [5, 5.41) is 8.86. The molecule has 0 aromatic heterocycles. The lowest BCUT2D eigenvalue weighted by Crippen LogP contribution is -1.96. The summed E-state index contributed by atoms with van der Waals surface area (Å²) in [5.74, 6) is -1.60. The van der Waals surface area contributed by atoms with Crippen LogP contribution in [0.3, 0.4) is 0 Å². The average Bonchev–Trinajstić information content (AvgIpc) is 2.09. The fourth-order valence-corrected chi connectivity index (χ4v) is 1.07. The van der Waals surface area contributed by atoms with Crippen LogP contribution >= 0.6 is 11.6 Å². The molecule has 0 bridgehead atoms. The molecule has 2 nitrogen and oxygen atoms in total. The van der Waals surface area contributed by atoms with Gasteiger partial charge < -0.3 is 5.11 Å². The fourth-order valence-electron chi connectivity index (χ4n) is 0.914. The van der Waals surface area contributed by atoms with E-state index in [9.17, 15) is 9.18 Å². The maximum Gasteiger partial charge on any atom is 0.331 e. The van der Waals surface area contributed by atoms with Gasteiger partial charge in [0.15, 0.2) is 0 Å². The molecule has 1 aromatic carbocycles. The predicted molar refractivity (Wildman–Crippen MR) is 52.7 cm³/mol. The zero-order valence-electron chi connectivity index (χ0n) is 7.42. The minimum absolute atomic E-state index is 0.0752. The maximum atomic E-state index is 13.2. The van der Waals surface area contributed by atoms with Gasteiger partial charge in [0.2, 0.25) is 0 Å². The van der Waals surface area contributed by atoms with E-state index in [0.717, 1.165) is 6.07 Å². The van der Waals surface area contributed by atoms with E-state index in [1.807, 2.05) is 0 Å². The van der Waals surface area contributed by atoms with Gasteiger partial charge in [-0.2, -0.15) is 0 Å². The zero-order valence-corrected chi connectivity index (χ0v) is 8.18. The van der Waals surface area contributed by atoms with E-state index in [4.69, 9.17) is 16.7 Å². The number of carbonyl (C=O) groups is 1. The molecule has 0 saturated carbocycles. The second-order valence-corrected chi connectivity index (χ2v) is 3.23. The third-order valence-corrected chi connectivity index (χ3v) is 1.91. The molecular formula is C10H8ClFO2. The summed E-state index contributed by atoms with van der Waals surface area (Å²) in [6.07, 6.45) is 1.26. The molecule has 0 aliphatic heterocycles. The van der Waals surface area contributed by atoms with Gasteiger partial charge >= 0.3 is 5.97 Å². The van der Waals surface area contributed by atoms with Gasteiger partial charge in [-0.15, -0.1) is 0 Å². The van der Waals surface area contributed by atoms with Crippen LogP contribution in [0.25, 0.3) is 6.08 Å². The minimum atomic E-state index is -1.07. The second kappa shape index (κ2) is 4.24. The first kappa shape index (κ1) is 10.7. The number of carboxylic acid groups (broad SMARTS) is 1. The molecule has 0 atom stereocenters. The Hall–Kier alpha value is -1.35. The number of hydrogen-bond acceptors (Lipinski definition) is 1. The number of benzene rings is 1. The summed E-state index contributed by atoms with van der Waals surface area (Å²) in [6.45, 7) is 1.40. The van der Waals surface area contributed by atoms with Crippen LogP contribution in [0.15, 0.2) is 23.8 Å². The van der Waals surface area contributed by atoms with E-state index >= 15 is 0 Å². The Kier molecular flexibility index (Phi) is 3.25. The highest BCUT2D eigenvalue weighted by Crippen LogP contribution is 2.17. The van der Waals surface area contributed by atoms with Gasteiger partial charge in [-0.05, 0) is 25.1 Å². The average molecular weight is 215 g/mol. The zero-order chi connectivity index (χ0) is 10.7. The fraction of sp³-hybridized carbons (Fsp3) is 0.100. The first-order chi connectivity index (χ1) is 6.50. The highest BCUT2D eigenvalue weighted by atomic mass is 35.5. The lowest BCUT2D eigenvalue weighted by atomic mass is 10.1. The smallest absolute Gasteiger partial charge is 0.331 e. The summed E-state index contributed by atoms with van der Waals surface area (Å²) < 4.78 is 13.2. The van der Waals surface area contributed by atoms with Crippen LogP contribution in [0, 0.1) is 5.82 Å². The topological polar surface area (TPSA) is 37.3 Å². The van der Waals surface area contributed by atoms with E-state index in [2.05, 4.69) is 0 Å². The minimum Gasteiger partial charge on any atom is -0.478 e. The number of aliphatic carboxylic acids is 1. The Morgan fingerprint density at radius 3 is 2.71 bits per heavy atom. The summed E-state index contributed by atoms with van der Waals surface area (Å²) in [6, 6.07) is 4.08. The monoisotopic (exact) mass is 214 g/mol. The molecule has 14 heavy (non-hydrogen) atoms. The van der Waals surface area contributed by atoms with Crippen molar-refractivity contribution in [3.8, 4) is 0 Å². The maximum absolute atomic E-state index is 13.2. The van der Waals surface area contributed by atoms with Crippen molar-refractivity contribution in [2.45, 2.75) is 6.92 Å². The normalized spacial score (nSPS) is 11.5. The predicted octanol–water partition coefficient (Wildman–Crippen LogP) is 2.97. The molecule has 0 fully saturated rings. The Bertz CT molecular complexity index is 399. The SMILES string of the molecule is C/C(=C/c1ccc(Cl)cc1F)C(=O)O. The second-order valence-electron chi connectivity index (χ2n) is 2.80. The lowest BCUT2D eigenvalue weighted by molar-refractivity contribution is -0.132.